The molecule has 3 rings (SSSR count). The van der Waals surface area contributed by atoms with Crippen LogP contribution in [0.2, 0.25) is 0 Å². The number of rotatable bonds is 4. The third-order valence-corrected chi connectivity index (χ3v) is 4.87. The number of benzene rings is 1. The molecule has 2 aromatic rings. The van der Waals surface area contributed by atoms with Crippen molar-refractivity contribution in [2.45, 2.75) is 32.2 Å². The third kappa shape index (κ3) is 2.61. The van der Waals surface area contributed by atoms with Gasteiger partial charge < -0.3 is 4.57 Å². The Balaban J connectivity index is 2.07. The van der Waals surface area contributed by atoms with Crippen molar-refractivity contribution < 1.29 is 4.39 Å². The second-order valence-corrected chi connectivity index (χ2v) is 6.67. The molecule has 1 fully saturated rings. The minimum Gasteiger partial charge on any atom is -0.328 e. The summed E-state index contributed by atoms with van der Waals surface area (Å²) < 4.78 is 16.6. The first-order chi connectivity index (χ1) is 9.19. The van der Waals surface area contributed by atoms with Crippen LogP contribution in [0.3, 0.4) is 0 Å². The van der Waals surface area contributed by atoms with Crippen LogP contribution in [-0.2, 0) is 13.0 Å². The van der Waals surface area contributed by atoms with E-state index in [0.29, 0.717) is 15.4 Å². The van der Waals surface area contributed by atoms with Crippen LogP contribution >= 0.6 is 34.2 Å². The number of imidazole rings is 1. The topological polar surface area (TPSA) is 17.8 Å². The highest BCUT2D eigenvalue weighted by molar-refractivity contribution is 14.1. The highest BCUT2D eigenvalue weighted by atomic mass is 127. The Morgan fingerprint density at radius 1 is 1.42 bits per heavy atom. The predicted octanol–water partition coefficient (Wildman–Crippen LogP) is 4.36. The van der Waals surface area contributed by atoms with Gasteiger partial charge in [-0.3, -0.25) is 0 Å². The number of hydrogen-bond donors (Lipinski definition) is 0. The maximum Gasteiger partial charge on any atom is 0.138 e. The van der Waals surface area contributed by atoms with Crippen molar-refractivity contribution in [3.05, 3.63) is 27.3 Å². The molecule has 1 aromatic heterocycles. The summed E-state index contributed by atoms with van der Waals surface area (Å²) in [6.45, 7) is 0.947. The summed E-state index contributed by atoms with van der Waals surface area (Å²) in [5.74, 6) is 2.08. The van der Waals surface area contributed by atoms with Gasteiger partial charge in [0.2, 0.25) is 0 Å². The number of fused-ring (bicyclic) bond motifs is 1. The van der Waals surface area contributed by atoms with Crippen LogP contribution in [0, 0.1) is 15.3 Å². The van der Waals surface area contributed by atoms with Crippen LogP contribution in [-0.4, -0.2) is 15.4 Å². The van der Waals surface area contributed by atoms with Crippen molar-refractivity contribution in [3.63, 3.8) is 0 Å². The molecule has 1 aliphatic carbocycles. The van der Waals surface area contributed by atoms with E-state index in [4.69, 9.17) is 11.6 Å². The highest BCUT2D eigenvalue weighted by Crippen LogP contribution is 2.31. The van der Waals surface area contributed by atoms with Gasteiger partial charge >= 0.3 is 0 Å². The van der Waals surface area contributed by atoms with E-state index in [9.17, 15) is 4.39 Å². The summed E-state index contributed by atoms with van der Waals surface area (Å²) in [4.78, 5) is 4.62. The van der Waals surface area contributed by atoms with Crippen LogP contribution in [0.25, 0.3) is 11.0 Å². The fourth-order valence-corrected chi connectivity index (χ4v) is 3.20. The molecule has 0 aliphatic heterocycles. The first kappa shape index (κ1) is 13.6. The molecule has 0 radical (unpaired) electrons. The maximum absolute atomic E-state index is 13.8. The average Bonchev–Trinajstić information content (AvgIpc) is 2.63. The number of hydrogen-bond acceptors (Lipinski definition) is 1. The van der Waals surface area contributed by atoms with Gasteiger partial charge in [0.05, 0.1) is 14.6 Å². The quantitative estimate of drug-likeness (QED) is 0.558. The number of aromatic nitrogens is 2. The minimum atomic E-state index is -0.166. The largest absolute Gasteiger partial charge is 0.328 e. The lowest BCUT2D eigenvalue weighted by molar-refractivity contribution is 0.277. The lowest BCUT2D eigenvalue weighted by Gasteiger charge is -2.26. The maximum atomic E-state index is 13.8. The molecule has 5 heteroatoms. The molecular weight excluding hydrogens is 378 g/mol. The molecule has 102 valence electrons. The van der Waals surface area contributed by atoms with Gasteiger partial charge in [-0.25, -0.2) is 9.37 Å². The zero-order chi connectivity index (χ0) is 13.4. The molecule has 1 aliphatic rings. The average molecular weight is 393 g/mol. The first-order valence-electron chi connectivity index (χ1n) is 6.59. The van der Waals surface area contributed by atoms with Gasteiger partial charge in [0.1, 0.15) is 11.6 Å². The summed E-state index contributed by atoms with van der Waals surface area (Å²) >= 11 is 7.86. The van der Waals surface area contributed by atoms with Crippen LogP contribution in [0.15, 0.2) is 12.1 Å². The van der Waals surface area contributed by atoms with E-state index in [1.54, 1.807) is 6.07 Å². The van der Waals surface area contributed by atoms with Crippen LogP contribution in [0.1, 0.15) is 25.1 Å². The van der Waals surface area contributed by atoms with E-state index in [1.165, 1.54) is 19.3 Å². The SMILES string of the molecule is Fc1cc2c(cc1I)nc(CCCl)n2CC1CCC1. The number of nitrogens with zero attached hydrogens (tertiary/aromatic N) is 2. The van der Waals surface area contributed by atoms with E-state index < -0.39 is 0 Å². The molecule has 0 unspecified atom stereocenters. The van der Waals surface area contributed by atoms with Gasteiger partial charge in [-0.05, 0) is 47.4 Å². The summed E-state index contributed by atoms with van der Waals surface area (Å²) in [6.07, 6.45) is 4.59. The van der Waals surface area contributed by atoms with Gasteiger partial charge in [-0.1, -0.05) is 6.42 Å². The van der Waals surface area contributed by atoms with E-state index in [-0.39, 0.29) is 5.82 Å². The van der Waals surface area contributed by atoms with Crippen LogP contribution in [0.5, 0.6) is 0 Å². The number of alkyl halides is 1. The molecule has 0 bridgehead atoms. The molecular formula is C14H15ClFIN2. The lowest BCUT2D eigenvalue weighted by Crippen LogP contribution is -2.19. The Labute approximate surface area is 130 Å². The Morgan fingerprint density at radius 2 is 2.21 bits per heavy atom. The fourth-order valence-electron chi connectivity index (χ4n) is 2.58. The van der Waals surface area contributed by atoms with Crippen LogP contribution in [0.4, 0.5) is 4.39 Å². The summed E-state index contributed by atoms with van der Waals surface area (Å²) in [5, 5.41) is 0. The molecule has 1 heterocycles. The van der Waals surface area contributed by atoms with Gasteiger partial charge in [-0.15, -0.1) is 11.6 Å². The lowest BCUT2D eigenvalue weighted by atomic mass is 9.85. The van der Waals surface area contributed by atoms with Crippen molar-refractivity contribution in [3.8, 4) is 0 Å². The normalized spacial score (nSPS) is 15.9. The minimum absolute atomic E-state index is 0.166. The van der Waals surface area contributed by atoms with E-state index in [0.717, 1.165) is 29.8 Å². The second kappa shape index (κ2) is 5.56. The van der Waals surface area contributed by atoms with Gasteiger partial charge in [-0.2, -0.15) is 0 Å². The third-order valence-electron chi connectivity index (χ3n) is 3.85. The van der Waals surface area contributed by atoms with Gasteiger partial charge in [0.15, 0.2) is 0 Å². The molecule has 1 saturated carbocycles. The van der Waals surface area contributed by atoms with Gasteiger partial charge in [0, 0.05) is 24.9 Å². The van der Waals surface area contributed by atoms with Crippen molar-refractivity contribution in [1.29, 1.82) is 0 Å². The van der Waals surface area contributed by atoms with E-state index >= 15 is 0 Å². The molecule has 0 N–H and O–H groups in total. The molecule has 0 saturated heterocycles. The van der Waals surface area contributed by atoms with Crippen molar-refractivity contribution in [2.75, 3.05) is 5.88 Å². The Hall–Kier alpha value is -0.360. The Morgan fingerprint density at radius 3 is 2.84 bits per heavy atom. The predicted molar refractivity (Wildman–Crippen MR) is 84.2 cm³/mol. The number of halogens is 3. The van der Waals surface area contributed by atoms with E-state index in [1.807, 2.05) is 28.7 Å². The fraction of sp³-hybridized carbons (Fsp3) is 0.500. The molecule has 0 atom stereocenters. The number of aryl methyl sites for hydroxylation is 1. The standard InChI is InChI=1S/C14H15ClFIN2/c15-5-4-14-18-12-7-11(17)10(16)6-13(12)19(14)8-9-2-1-3-9/h6-7,9H,1-5,8H2. The molecule has 0 amide bonds. The van der Waals surface area contributed by atoms with Crippen molar-refractivity contribution >= 4 is 45.2 Å². The zero-order valence-electron chi connectivity index (χ0n) is 10.5. The zero-order valence-corrected chi connectivity index (χ0v) is 13.4. The highest BCUT2D eigenvalue weighted by Gasteiger charge is 2.21. The van der Waals surface area contributed by atoms with Gasteiger partial charge in [0.25, 0.3) is 0 Å². The molecule has 19 heavy (non-hydrogen) atoms. The second-order valence-electron chi connectivity index (χ2n) is 5.13. The smallest absolute Gasteiger partial charge is 0.138 e. The summed E-state index contributed by atoms with van der Waals surface area (Å²) in [7, 11) is 0. The Kier molecular flexibility index (Phi) is 3.98. The Bertz CT molecular complexity index is 607. The molecule has 1 aromatic carbocycles. The van der Waals surface area contributed by atoms with E-state index in [2.05, 4.69) is 9.55 Å². The van der Waals surface area contributed by atoms with Crippen molar-refractivity contribution in [2.24, 2.45) is 5.92 Å². The van der Waals surface area contributed by atoms with Crippen LogP contribution < -0.4 is 0 Å². The first-order valence-corrected chi connectivity index (χ1v) is 8.20. The monoisotopic (exact) mass is 392 g/mol. The van der Waals surface area contributed by atoms with Crippen molar-refractivity contribution in [1.82, 2.24) is 9.55 Å². The summed E-state index contributed by atoms with van der Waals surface area (Å²) in [6, 6.07) is 3.43. The summed E-state index contributed by atoms with van der Waals surface area (Å²) in [5.41, 5.74) is 1.79. The molecule has 0 spiro atoms. The molecule has 2 nitrogen and oxygen atoms in total.